The molecule has 0 atom stereocenters. The Bertz CT molecular complexity index is 386. The van der Waals surface area contributed by atoms with Crippen LogP contribution in [0, 0.1) is 0 Å². The van der Waals surface area contributed by atoms with Gasteiger partial charge in [-0.15, -0.1) is 0 Å². The van der Waals surface area contributed by atoms with Gasteiger partial charge in [-0.3, -0.25) is 0 Å². The average molecular weight is 268 g/mol. The first-order chi connectivity index (χ1) is 8.85. The van der Waals surface area contributed by atoms with Crippen LogP contribution in [0.3, 0.4) is 0 Å². The highest BCUT2D eigenvalue weighted by atomic mass is 16.5. The smallest absolute Gasteiger partial charge is 0.488 e. The van der Waals surface area contributed by atoms with E-state index in [1.165, 1.54) is 19.2 Å². The molecule has 0 saturated heterocycles. The average Bonchev–Trinajstić information content (AvgIpc) is 2.26. The molecule has 0 aliphatic rings. The van der Waals surface area contributed by atoms with Crippen molar-refractivity contribution in [3.05, 3.63) is 12.1 Å². The molecule has 0 radical (unpaired) electrons. The minimum Gasteiger partial charge on any atom is -0.490 e. The van der Waals surface area contributed by atoms with Crippen LogP contribution in [0.1, 0.15) is 27.7 Å². The van der Waals surface area contributed by atoms with Gasteiger partial charge in [0.15, 0.2) is 11.5 Å². The Kier molecular flexibility index (Phi) is 5.51. The van der Waals surface area contributed by atoms with Crippen LogP contribution in [0.2, 0.25) is 0 Å². The molecule has 0 amide bonds. The van der Waals surface area contributed by atoms with Crippen LogP contribution in [-0.2, 0) is 0 Å². The molecule has 0 unspecified atom stereocenters. The number of benzene rings is 1. The topological polar surface area (TPSA) is 68.2 Å². The van der Waals surface area contributed by atoms with Crippen LogP contribution in [0.4, 0.5) is 0 Å². The van der Waals surface area contributed by atoms with E-state index in [0.29, 0.717) is 22.7 Å². The van der Waals surface area contributed by atoms with E-state index in [0.717, 1.165) is 0 Å². The van der Waals surface area contributed by atoms with Crippen molar-refractivity contribution in [3.63, 3.8) is 0 Å². The van der Waals surface area contributed by atoms with Gasteiger partial charge in [-0.1, -0.05) is 0 Å². The summed E-state index contributed by atoms with van der Waals surface area (Å²) in [4.78, 5) is 0. The molecular formula is C13H21BO5. The van der Waals surface area contributed by atoms with Crippen LogP contribution in [0.15, 0.2) is 12.1 Å². The molecule has 0 spiro atoms. The Morgan fingerprint density at radius 3 is 1.63 bits per heavy atom. The first-order valence-corrected chi connectivity index (χ1v) is 6.26. The highest BCUT2D eigenvalue weighted by Gasteiger charge is 2.21. The second kappa shape index (κ2) is 6.68. The van der Waals surface area contributed by atoms with Crippen molar-refractivity contribution in [1.29, 1.82) is 0 Å². The summed E-state index contributed by atoms with van der Waals surface area (Å²) in [5.74, 6) is 1.31. The zero-order chi connectivity index (χ0) is 14.6. The van der Waals surface area contributed by atoms with Gasteiger partial charge >= 0.3 is 7.12 Å². The third-order valence-corrected chi connectivity index (χ3v) is 2.27. The Morgan fingerprint density at radius 2 is 1.37 bits per heavy atom. The van der Waals surface area contributed by atoms with Gasteiger partial charge in [0.05, 0.1) is 19.3 Å². The molecule has 19 heavy (non-hydrogen) atoms. The van der Waals surface area contributed by atoms with E-state index < -0.39 is 7.12 Å². The van der Waals surface area contributed by atoms with Gasteiger partial charge in [0.25, 0.3) is 0 Å². The summed E-state index contributed by atoms with van der Waals surface area (Å²) in [6.07, 6.45) is -0.126. The van der Waals surface area contributed by atoms with Crippen LogP contribution < -0.4 is 19.7 Å². The maximum absolute atomic E-state index is 9.31. The molecule has 5 nitrogen and oxygen atoms in total. The molecule has 6 heteroatoms. The summed E-state index contributed by atoms with van der Waals surface area (Å²) in [5, 5.41) is 18.6. The molecule has 0 bridgehead atoms. The lowest BCUT2D eigenvalue weighted by Crippen LogP contribution is -2.30. The second-order valence-electron chi connectivity index (χ2n) is 4.76. The summed E-state index contributed by atoms with van der Waals surface area (Å²) in [6, 6.07) is 3.08. The minimum atomic E-state index is -1.59. The quantitative estimate of drug-likeness (QED) is 0.752. The lowest BCUT2D eigenvalue weighted by Gasteiger charge is -2.19. The van der Waals surface area contributed by atoms with E-state index in [1.54, 1.807) is 0 Å². The van der Waals surface area contributed by atoms with Crippen molar-refractivity contribution in [2.75, 3.05) is 7.11 Å². The van der Waals surface area contributed by atoms with Crippen LogP contribution in [-0.4, -0.2) is 36.5 Å². The maximum Gasteiger partial charge on any atom is 0.488 e. The molecule has 1 rings (SSSR count). The van der Waals surface area contributed by atoms with E-state index in [9.17, 15) is 10.0 Å². The van der Waals surface area contributed by atoms with Gasteiger partial charge in [-0.25, -0.2) is 0 Å². The van der Waals surface area contributed by atoms with Crippen molar-refractivity contribution in [1.82, 2.24) is 0 Å². The normalized spacial score (nSPS) is 10.8. The van der Waals surface area contributed by atoms with E-state index in [4.69, 9.17) is 14.2 Å². The van der Waals surface area contributed by atoms with Crippen molar-refractivity contribution in [3.8, 4) is 17.2 Å². The number of hydrogen-bond acceptors (Lipinski definition) is 5. The lowest BCUT2D eigenvalue weighted by atomic mass is 9.80. The van der Waals surface area contributed by atoms with E-state index in [1.807, 2.05) is 27.7 Å². The van der Waals surface area contributed by atoms with Crippen LogP contribution in [0.5, 0.6) is 17.2 Å². The lowest BCUT2D eigenvalue weighted by molar-refractivity contribution is 0.209. The predicted octanol–water partition coefficient (Wildman–Crippen LogP) is 0.949. The van der Waals surface area contributed by atoms with E-state index >= 15 is 0 Å². The van der Waals surface area contributed by atoms with E-state index in [2.05, 4.69) is 0 Å². The van der Waals surface area contributed by atoms with Gasteiger partial charge < -0.3 is 24.3 Å². The summed E-state index contributed by atoms with van der Waals surface area (Å²) >= 11 is 0. The highest BCUT2D eigenvalue weighted by molar-refractivity contribution is 6.58. The molecule has 0 heterocycles. The fraction of sp³-hybridized carbons (Fsp3) is 0.538. The summed E-state index contributed by atoms with van der Waals surface area (Å²) in [6.45, 7) is 7.52. The first kappa shape index (κ1) is 15.7. The molecule has 1 aromatic rings. The predicted molar refractivity (Wildman–Crippen MR) is 74.3 cm³/mol. The van der Waals surface area contributed by atoms with Crippen LogP contribution >= 0.6 is 0 Å². The van der Waals surface area contributed by atoms with Gasteiger partial charge in [0, 0.05) is 0 Å². The van der Waals surface area contributed by atoms with Gasteiger partial charge in [0.2, 0.25) is 5.75 Å². The maximum atomic E-state index is 9.31. The van der Waals surface area contributed by atoms with Gasteiger partial charge in [-0.05, 0) is 45.3 Å². The Hall–Kier alpha value is -1.40. The first-order valence-electron chi connectivity index (χ1n) is 6.26. The van der Waals surface area contributed by atoms with Crippen molar-refractivity contribution in [2.24, 2.45) is 0 Å². The van der Waals surface area contributed by atoms with E-state index in [-0.39, 0.29) is 12.2 Å². The zero-order valence-corrected chi connectivity index (χ0v) is 12.0. The molecule has 0 aromatic heterocycles. The van der Waals surface area contributed by atoms with Crippen molar-refractivity contribution < 1.29 is 24.3 Å². The molecule has 0 aliphatic carbocycles. The largest absolute Gasteiger partial charge is 0.490 e. The third-order valence-electron chi connectivity index (χ3n) is 2.27. The zero-order valence-electron chi connectivity index (χ0n) is 12.0. The Labute approximate surface area is 114 Å². The second-order valence-corrected chi connectivity index (χ2v) is 4.76. The number of rotatable bonds is 6. The number of ether oxygens (including phenoxy) is 3. The summed E-state index contributed by atoms with van der Waals surface area (Å²) < 4.78 is 16.5. The molecule has 2 N–H and O–H groups in total. The Balaban J connectivity index is 3.29. The Morgan fingerprint density at radius 1 is 0.947 bits per heavy atom. The molecule has 106 valence electrons. The SMILES string of the molecule is COc1c(OC(C)C)cc(B(O)O)cc1OC(C)C. The summed E-state index contributed by atoms with van der Waals surface area (Å²) in [7, 11) is -0.0694. The van der Waals surface area contributed by atoms with Crippen molar-refractivity contribution >= 4 is 12.6 Å². The fourth-order valence-corrected chi connectivity index (χ4v) is 1.63. The molecule has 0 fully saturated rings. The molecule has 0 aliphatic heterocycles. The standard InChI is InChI=1S/C13H21BO5/c1-8(2)18-11-6-10(14(15)16)7-12(13(11)17-5)19-9(3)4/h6-9,15-16H,1-5H3. The minimum absolute atomic E-state index is 0.0631. The molecular weight excluding hydrogens is 247 g/mol. The number of hydrogen-bond donors (Lipinski definition) is 2. The monoisotopic (exact) mass is 268 g/mol. The highest BCUT2D eigenvalue weighted by Crippen LogP contribution is 2.37. The van der Waals surface area contributed by atoms with Crippen molar-refractivity contribution in [2.45, 2.75) is 39.9 Å². The number of methoxy groups -OCH3 is 1. The third kappa shape index (κ3) is 4.33. The fourth-order valence-electron chi connectivity index (χ4n) is 1.63. The summed E-state index contributed by atoms with van der Waals surface area (Å²) in [5.41, 5.74) is 0.298. The van der Waals surface area contributed by atoms with Gasteiger partial charge in [-0.2, -0.15) is 0 Å². The van der Waals surface area contributed by atoms with Gasteiger partial charge in [0.1, 0.15) is 0 Å². The van der Waals surface area contributed by atoms with Crippen LogP contribution in [0.25, 0.3) is 0 Å². The molecule has 1 aromatic carbocycles. The molecule has 0 saturated carbocycles.